The number of aryl methyl sites for hydroxylation is 1. The Morgan fingerprint density at radius 3 is 2.82 bits per heavy atom. The van der Waals surface area contributed by atoms with Crippen molar-refractivity contribution in [3.05, 3.63) is 52.6 Å². The molecule has 0 fully saturated rings. The Morgan fingerprint density at radius 2 is 2.14 bits per heavy atom. The van der Waals surface area contributed by atoms with Gasteiger partial charge >= 0.3 is 0 Å². The Labute approximate surface area is 131 Å². The SMILES string of the molecule is Cc1nn(CCO)c(C)c1CNC(C)Cc1cccc(F)c1. The van der Waals surface area contributed by atoms with Crippen LogP contribution in [0.25, 0.3) is 0 Å². The molecular formula is C17H24FN3O. The molecule has 1 atom stereocenters. The van der Waals surface area contributed by atoms with Gasteiger partial charge in [-0.05, 0) is 44.9 Å². The maximum Gasteiger partial charge on any atom is 0.123 e. The number of benzene rings is 1. The van der Waals surface area contributed by atoms with Crippen LogP contribution in [-0.2, 0) is 19.5 Å². The summed E-state index contributed by atoms with van der Waals surface area (Å²) in [5, 5.41) is 16.9. The minimum absolute atomic E-state index is 0.0881. The average Bonchev–Trinajstić information content (AvgIpc) is 2.72. The number of nitrogens with one attached hydrogen (secondary N) is 1. The second kappa shape index (κ2) is 7.51. The van der Waals surface area contributed by atoms with Gasteiger partial charge in [-0.3, -0.25) is 4.68 Å². The van der Waals surface area contributed by atoms with Crippen molar-refractivity contribution in [3.63, 3.8) is 0 Å². The van der Waals surface area contributed by atoms with Crippen molar-refractivity contribution in [2.75, 3.05) is 6.61 Å². The van der Waals surface area contributed by atoms with E-state index in [-0.39, 0.29) is 18.5 Å². The molecule has 2 N–H and O–H groups in total. The average molecular weight is 305 g/mol. The predicted molar refractivity (Wildman–Crippen MR) is 85.2 cm³/mol. The summed E-state index contributed by atoms with van der Waals surface area (Å²) in [6.07, 6.45) is 0.778. The van der Waals surface area contributed by atoms with Crippen LogP contribution >= 0.6 is 0 Å². The fraction of sp³-hybridized carbons (Fsp3) is 0.471. The molecule has 120 valence electrons. The van der Waals surface area contributed by atoms with E-state index < -0.39 is 0 Å². The van der Waals surface area contributed by atoms with Crippen molar-refractivity contribution in [3.8, 4) is 0 Å². The van der Waals surface area contributed by atoms with Crippen molar-refractivity contribution in [2.45, 2.75) is 46.3 Å². The van der Waals surface area contributed by atoms with E-state index in [1.807, 2.05) is 24.6 Å². The molecule has 1 aromatic heterocycles. The highest BCUT2D eigenvalue weighted by Crippen LogP contribution is 2.13. The van der Waals surface area contributed by atoms with Gasteiger partial charge in [0.05, 0.1) is 18.8 Å². The Bertz CT molecular complexity index is 624. The van der Waals surface area contributed by atoms with Gasteiger partial charge in [-0.2, -0.15) is 5.10 Å². The number of hydrogen-bond donors (Lipinski definition) is 2. The van der Waals surface area contributed by atoms with E-state index >= 15 is 0 Å². The standard InChI is InChI=1S/C17H24FN3O/c1-12(9-15-5-4-6-16(18)10-15)19-11-17-13(2)20-21(7-8-22)14(17)3/h4-6,10,12,19,22H,7-9,11H2,1-3H3. The molecule has 1 heterocycles. The van der Waals surface area contributed by atoms with Crippen LogP contribution in [0.2, 0.25) is 0 Å². The van der Waals surface area contributed by atoms with E-state index in [0.717, 1.165) is 29.9 Å². The van der Waals surface area contributed by atoms with Gasteiger partial charge in [0.1, 0.15) is 5.82 Å². The summed E-state index contributed by atoms with van der Waals surface area (Å²) in [5.74, 6) is -0.193. The molecule has 4 nitrogen and oxygen atoms in total. The van der Waals surface area contributed by atoms with Crippen molar-refractivity contribution in [1.82, 2.24) is 15.1 Å². The van der Waals surface area contributed by atoms with Crippen LogP contribution in [0.1, 0.15) is 29.4 Å². The number of aliphatic hydroxyl groups is 1. The maximum absolute atomic E-state index is 13.2. The van der Waals surface area contributed by atoms with E-state index in [4.69, 9.17) is 5.11 Å². The number of rotatable bonds is 7. The van der Waals surface area contributed by atoms with Crippen LogP contribution in [0.3, 0.4) is 0 Å². The third-order valence-electron chi connectivity index (χ3n) is 3.90. The van der Waals surface area contributed by atoms with Gasteiger partial charge < -0.3 is 10.4 Å². The van der Waals surface area contributed by atoms with Crippen molar-refractivity contribution in [2.24, 2.45) is 0 Å². The molecule has 0 aliphatic heterocycles. The van der Waals surface area contributed by atoms with Crippen LogP contribution in [0.15, 0.2) is 24.3 Å². The first-order chi connectivity index (χ1) is 10.5. The van der Waals surface area contributed by atoms with Crippen molar-refractivity contribution < 1.29 is 9.50 Å². The van der Waals surface area contributed by atoms with Gasteiger partial charge in [0.25, 0.3) is 0 Å². The molecule has 2 rings (SSSR count). The first-order valence-corrected chi connectivity index (χ1v) is 7.62. The summed E-state index contributed by atoms with van der Waals surface area (Å²) in [4.78, 5) is 0. The number of halogens is 1. The Kier molecular flexibility index (Phi) is 5.69. The first-order valence-electron chi connectivity index (χ1n) is 7.62. The lowest BCUT2D eigenvalue weighted by Gasteiger charge is -2.14. The van der Waals surface area contributed by atoms with Crippen molar-refractivity contribution in [1.29, 1.82) is 0 Å². The van der Waals surface area contributed by atoms with Gasteiger partial charge in [0.15, 0.2) is 0 Å². The molecule has 2 aromatic rings. The number of hydrogen-bond acceptors (Lipinski definition) is 3. The van der Waals surface area contributed by atoms with Crippen LogP contribution in [0, 0.1) is 19.7 Å². The molecule has 0 saturated heterocycles. The molecular weight excluding hydrogens is 281 g/mol. The van der Waals surface area contributed by atoms with E-state index in [1.54, 1.807) is 12.1 Å². The van der Waals surface area contributed by atoms with Crippen molar-refractivity contribution >= 4 is 0 Å². The van der Waals surface area contributed by atoms with E-state index in [1.165, 1.54) is 11.6 Å². The number of aliphatic hydroxyl groups excluding tert-OH is 1. The summed E-state index contributed by atoms with van der Waals surface area (Å²) < 4.78 is 15.0. The summed E-state index contributed by atoms with van der Waals surface area (Å²) in [6, 6.07) is 6.96. The molecule has 1 unspecified atom stereocenters. The molecule has 5 heteroatoms. The van der Waals surface area contributed by atoms with Gasteiger partial charge in [-0.15, -0.1) is 0 Å². The minimum atomic E-state index is -0.193. The zero-order chi connectivity index (χ0) is 16.1. The lowest BCUT2D eigenvalue weighted by Crippen LogP contribution is -2.28. The highest BCUT2D eigenvalue weighted by Gasteiger charge is 2.12. The summed E-state index contributed by atoms with van der Waals surface area (Å²) in [7, 11) is 0. The van der Waals surface area contributed by atoms with Crippen LogP contribution in [0.5, 0.6) is 0 Å². The van der Waals surface area contributed by atoms with Gasteiger partial charge in [0, 0.05) is 23.8 Å². The van der Waals surface area contributed by atoms with Gasteiger partial charge in [-0.25, -0.2) is 4.39 Å². The van der Waals surface area contributed by atoms with Gasteiger partial charge in [0.2, 0.25) is 0 Å². The Morgan fingerprint density at radius 1 is 1.36 bits per heavy atom. The van der Waals surface area contributed by atoms with E-state index in [0.29, 0.717) is 6.54 Å². The van der Waals surface area contributed by atoms with Gasteiger partial charge in [-0.1, -0.05) is 12.1 Å². The monoisotopic (exact) mass is 305 g/mol. The lowest BCUT2D eigenvalue weighted by molar-refractivity contribution is 0.267. The van der Waals surface area contributed by atoms with Crippen LogP contribution < -0.4 is 5.32 Å². The fourth-order valence-corrected chi connectivity index (χ4v) is 2.67. The molecule has 22 heavy (non-hydrogen) atoms. The third-order valence-corrected chi connectivity index (χ3v) is 3.90. The molecule has 0 aliphatic rings. The molecule has 0 radical (unpaired) electrons. The highest BCUT2D eigenvalue weighted by atomic mass is 19.1. The fourth-order valence-electron chi connectivity index (χ4n) is 2.67. The largest absolute Gasteiger partial charge is 0.394 e. The zero-order valence-corrected chi connectivity index (χ0v) is 13.4. The molecule has 1 aromatic carbocycles. The summed E-state index contributed by atoms with van der Waals surface area (Å²) in [6.45, 7) is 7.42. The lowest BCUT2D eigenvalue weighted by atomic mass is 10.1. The third kappa shape index (κ3) is 4.15. The highest BCUT2D eigenvalue weighted by molar-refractivity contribution is 5.24. The van der Waals surface area contributed by atoms with E-state index in [9.17, 15) is 4.39 Å². The molecule has 0 bridgehead atoms. The summed E-state index contributed by atoms with van der Waals surface area (Å²) >= 11 is 0. The molecule has 0 aliphatic carbocycles. The number of nitrogens with zero attached hydrogens (tertiary/aromatic N) is 2. The molecule has 0 spiro atoms. The number of aromatic nitrogens is 2. The second-order valence-electron chi connectivity index (χ2n) is 5.71. The zero-order valence-electron chi connectivity index (χ0n) is 13.4. The minimum Gasteiger partial charge on any atom is -0.394 e. The van der Waals surface area contributed by atoms with Crippen LogP contribution in [-0.4, -0.2) is 27.5 Å². The first kappa shape index (κ1) is 16.6. The Balaban J connectivity index is 1.95. The van der Waals surface area contributed by atoms with Crippen LogP contribution in [0.4, 0.5) is 4.39 Å². The normalized spacial score (nSPS) is 12.6. The topological polar surface area (TPSA) is 50.1 Å². The maximum atomic E-state index is 13.2. The quantitative estimate of drug-likeness (QED) is 0.825. The molecule has 0 amide bonds. The molecule has 0 saturated carbocycles. The van der Waals surface area contributed by atoms with E-state index in [2.05, 4.69) is 17.3 Å². The second-order valence-corrected chi connectivity index (χ2v) is 5.71. The summed E-state index contributed by atoms with van der Waals surface area (Å²) in [5.41, 5.74) is 4.22. The smallest absolute Gasteiger partial charge is 0.123 e. The predicted octanol–water partition coefficient (Wildman–Crippen LogP) is 2.35. The Hall–Kier alpha value is -1.72.